The zero-order valence-corrected chi connectivity index (χ0v) is 31.6. The van der Waals surface area contributed by atoms with Crippen molar-refractivity contribution >= 4 is 65.8 Å². The maximum atomic E-state index is 14.3. The van der Waals surface area contributed by atoms with Crippen LogP contribution >= 0.6 is 0 Å². The summed E-state index contributed by atoms with van der Waals surface area (Å²) in [5, 5.41) is 7.83. The number of carbonyl (C=O) groups excluding carboxylic acids is 1. The first kappa shape index (κ1) is 30.8. The number of para-hydroxylation sites is 1. The maximum absolute atomic E-state index is 14.3. The van der Waals surface area contributed by atoms with E-state index in [1.165, 1.54) is 115 Å². The SMILES string of the molecule is O=C1c2cc3c(cc2C2CCC1CC2)c1cc(-c2cccc4oc5ccccc5c24)cc2c4c5c(c(-c6ccccc6)cc4n3c12)C1CC(CC2CCC5C2)C1. The van der Waals surface area contributed by atoms with E-state index >= 15 is 0 Å². The summed E-state index contributed by atoms with van der Waals surface area (Å²) in [6, 6.07) is 38.8. The second-order valence-electron chi connectivity index (χ2n) is 18.6. The summed E-state index contributed by atoms with van der Waals surface area (Å²) in [5.74, 6) is 3.90. The third-order valence-electron chi connectivity index (χ3n) is 15.8. The van der Waals surface area contributed by atoms with E-state index in [1.54, 1.807) is 11.1 Å². The van der Waals surface area contributed by atoms with E-state index in [2.05, 4.69) is 108 Å². The van der Waals surface area contributed by atoms with E-state index in [0.717, 1.165) is 54.2 Å². The van der Waals surface area contributed by atoms with E-state index in [1.807, 2.05) is 0 Å². The lowest BCUT2D eigenvalue weighted by atomic mass is 9.65. The van der Waals surface area contributed by atoms with Crippen molar-refractivity contribution in [1.29, 1.82) is 0 Å². The summed E-state index contributed by atoms with van der Waals surface area (Å²) in [6.07, 6.45) is 12.3. The fourth-order valence-electron chi connectivity index (χ4n) is 13.3. The molecule has 7 aliphatic carbocycles. The third kappa shape index (κ3) is 3.97. The second-order valence-corrected chi connectivity index (χ2v) is 18.6. The van der Waals surface area contributed by atoms with Gasteiger partial charge in [0.15, 0.2) is 5.78 Å². The number of fused-ring (bicyclic) bond motifs is 11. The van der Waals surface area contributed by atoms with Crippen LogP contribution in [0.5, 0.6) is 0 Å². The lowest BCUT2D eigenvalue weighted by molar-refractivity contribution is 0.0898. The third-order valence-corrected chi connectivity index (χ3v) is 15.8. The lowest BCUT2D eigenvalue weighted by Crippen LogP contribution is -2.24. The molecular formula is C53H43NO2. The van der Waals surface area contributed by atoms with Gasteiger partial charge in [-0.2, -0.15) is 0 Å². The highest BCUT2D eigenvalue weighted by Gasteiger charge is 2.43. The zero-order chi connectivity index (χ0) is 36.4. The molecule has 3 saturated carbocycles. The number of hydrogen-bond donors (Lipinski definition) is 0. The highest BCUT2D eigenvalue weighted by molar-refractivity contribution is 6.27. The van der Waals surface area contributed by atoms with Crippen molar-refractivity contribution in [2.45, 2.75) is 82.0 Å². The molecule has 3 fully saturated rings. The van der Waals surface area contributed by atoms with Crippen LogP contribution in [0.2, 0.25) is 0 Å². The van der Waals surface area contributed by atoms with Gasteiger partial charge in [-0.05, 0) is 175 Å². The second kappa shape index (κ2) is 10.9. The highest BCUT2D eigenvalue weighted by atomic mass is 16.3. The van der Waals surface area contributed by atoms with Crippen molar-refractivity contribution in [3.63, 3.8) is 0 Å². The molecule has 16 rings (SSSR count). The number of carbonyl (C=O) groups is 1. The average molecular weight is 726 g/mol. The Morgan fingerprint density at radius 1 is 0.482 bits per heavy atom. The minimum absolute atomic E-state index is 0.169. The van der Waals surface area contributed by atoms with Gasteiger partial charge >= 0.3 is 0 Å². The Morgan fingerprint density at radius 3 is 2.12 bits per heavy atom. The Morgan fingerprint density at radius 2 is 1.23 bits per heavy atom. The lowest BCUT2D eigenvalue weighted by Gasteiger charge is -2.39. The van der Waals surface area contributed by atoms with Crippen molar-refractivity contribution in [3.05, 3.63) is 125 Å². The van der Waals surface area contributed by atoms with Crippen LogP contribution in [0.15, 0.2) is 108 Å². The first-order valence-corrected chi connectivity index (χ1v) is 21.5. The molecule has 6 bridgehead atoms. The molecule has 0 saturated heterocycles. The van der Waals surface area contributed by atoms with Crippen LogP contribution in [0.1, 0.15) is 109 Å². The van der Waals surface area contributed by atoms with E-state index in [9.17, 15) is 4.79 Å². The molecule has 0 aliphatic heterocycles. The van der Waals surface area contributed by atoms with Gasteiger partial charge in [0.25, 0.3) is 0 Å². The molecule has 3 aromatic heterocycles. The Labute approximate surface area is 325 Å². The van der Waals surface area contributed by atoms with Crippen LogP contribution in [-0.4, -0.2) is 10.2 Å². The van der Waals surface area contributed by atoms with Crippen LogP contribution in [0.3, 0.4) is 0 Å². The number of rotatable bonds is 2. The molecule has 0 spiro atoms. The largest absolute Gasteiger partial charge is 0.456 e. The average Bonchev–Trinajstić information content (AvgIpc) is 3.99. The monoisotopic (exact) mass is 725 g/mol. The summed E-state index contributed by atoms with van der Waals surface area (Å²) in [4.78, 5) is 14.3. The van der Waals surface area contributed by atoms with Crippen LogP contribution in [0, 0.1) is 17.8 Å². The smallest absolute Gasteiger partial charge is 0.166 e. The minimum Gasteiger partial charge on any atom is -0.456 e. The number of ketones is 1. The first-order valence-electron chi connectivity index (χ1n) is 21.5. The van der Waals surface area contributed by atoms with Gasteiger partial charge in [-0.3, -0.25) is 4.79 Å². The van der Waals surface area contributed by atoms with Gasteiger partial charge < -0.3 is 8.82 Å². The Bertz CT molecular complexity index is 3150. The standard InChI is InChI=1S/C53H43NO2/c55-53-32-17-15-31(16-18-32)38-25-40-41-23-34(36-10-6-12-47-50(36)37-9-4-5-11-46(37)56-47)24-43-51-45(54(52(41)43)44(40)27-42(38)53)26-39(30-7-2-1-3-8-30)48-35-21-29(22-35)19-28-13-14-33(20-28)49(48)51/h1-12,23-29,31-33,35H,13-22H2. The van der Waals surface area contributed by atoms with Crippen molar-refractivity contribution in [2.75, 3.05) is 0 Å². The number of aromatic nitrogens is 1. The molecule has 9 aromatic rings. The number of benzene rings is 6. The molecule has 0 amide bonds. The van der Waals surface area contributed by atoms with Crippen LogP contribution in [0.4, 0.5) is 0 Å². The molecule has 272 valence electrons. The molecule has 56 heavy (non-hydrogen) atoms. The minimum atomic E-state index is 0.169. The zero-order valence-electron chi connectivity index (χ0n) is 31.6. The molecule has 7 aliphatic rings. The predicted octanol–water partition coefficient (Wildman–Crippen LogP) is 14.3. The number of furan rings is 1. The molecule has 6 aromatic carbocycles. The van der Waals surface area contributed by atoms with Crippen LogP contribution in [0.25, 0.3) is 82.3 Å². The molecule has 3 heterocycles. The molecule has 3 nitrogen and oxygen atoms in total. The van der Waals surface area contributed by atoms with Gasteiger partial charge in [0.1, 0.15) is 11.2 Å². The van der Waals surface area contributed by atoms with Crippen LogP contribution in [-0.2, 0) is 0 Å². The Balaban J connectivity index is 1.18. The Kier molecular flexibility index (Phi) is 5.99. The molecule has 0 radical (unpaired) electrons. The summed E-state index contributed by atoms with van der Waals surface area (Å²) >= 11 is 0. The summed E-state index contributed by atoms with van der Waals surface area (Å²) < 4.78 is 9.09. The molecule has 0 N–H and O–H groups in total. The summed E-state index contributed by atoms with van der Waals surface area (Å²) in [7, 11) is 0. The molecule has 2 atom stereocenters. The van der Waals surface area contributed by atoms with E-state index in [0.29, 0.717) is 23.5 Å². The predicted molar refractivity (Wildman–Crippen MR) is 228 cm³/mol. The molecular weight excluding hydrogens is 683 g/mol. The van der Waals surface area contributed by atoms with E-state index in [4.69, 9.17) is 4.42 Å². The van der Waals surface area contributed by atoms with Crippen molar-refractivity contribution in [3.8, 4) is 22.3 Å². The summed E-state index contributed by atoms with van der Waals surface area (Å²) in [5.41, 5.74) is 16.6. The topological polar surface area (TPSA) is 34.6 Å². The van der Waals surface area contributed by atoms with Gasteiger partial charge in [0.05, 0.1) is 16.6 Å². The maximum Gasteiger partial charge on any atom is 0.166 e. The van der Waals surface area contributed by atoms with E-state index < -0.39 is 0 Å². The number of nitrogens with zero attached hydrogens (tertiary/aromatic N) is 1. The van der Waals surface area contributed by atoms with Gasteiger partial charge in [-0.15, -0.1) is 0 Å². The number of hydrogen-bond acceptors (Lipinski definition) is 2. The Hall–Kier alpha value is -5.41. The van der Waals surface area contributed by atoms with Crippen molar-refractivity contribution in [2.24, 2.45) is 17.8 Å². The first-order chi connectivity index (χ1) is 27.6. The van der Waals surface area contributed by atoms with Gasteiger partial charge in [-0.25, -0.2) is 0 Å². The van der Waals surface area contributed by atoms with E-state index in [-0.39, 0.29) is 5.92 Å². The van der Waals surface area contributed by atoms with Gasteiger partial charge in [0.2, 0.25) is 0 Å². The van der Waals surface area contributed by atoms with Gasteiger partial charge in [0, 0.05) is 43.8 Å². The van der Waals surface area contributed by atoms with Crippen molar-refractivity contribution < 1.29 is 9.21 Å². The normalized spacial score (nSPS) is 25.5. The quantitative estimate of drug-likeness (QED) is 0.178. The fraction of sp³-hybridized carbons (Fsp3) is 0.302. The summed E-state index contributed by atoms with van der Waals surface area (Å²) in [6.45, 7) is 0. The van der Waals surface area contributed by atoms with Crippen LogP contribution < -0.4 is 0 Å². The van der Waals surface area contributed by atoms with Crippen molar-refractivity contribution in [1.82, 2.24) is 4.40 Å². The number of Topliss-reactive ketones (excluding diaryl/α,β-unsaturated/α-hetero) is 1. The van der Waals surface area contributed by atoms with Gasteiger partial charge in [-0.1, -0.05) is 60.7 Å². The molecule has 3 heteroatoms. The fourth-order valence-corrected chi connectivity index (χ4v) is 13.3. The molecule has 2 unspecified atom stereocenters. The highest BCUT2D eigenvalue weighted by Crippen LogP contribution is 2.59.